The number of methoxy groups -OCH3 is 1. The summed E-state index contributed by atoms with van der Waals surface area (Å²) in [6.45, 7) is 2.16. The fourth-order valence-corrected chi connectivity index (χ4v) is 4.80. The average molecular weight is 437 g/mol. The second kappa shape index (κ2) is 13.1. The molecule has 0 heterocycles. The number of aliphatic hydroxyl groups is 2. The van der Waals surface area contributed by atoms with Gasteiger partial charge in [-0.3, -0.25) is 4.79 Å². The second-order valence-electron chi connectivity index (χ2n) is 8.36. The molecule has 0 aromatic heterocycles. The predicted octanol–water partition coefficient (Wildman–Crippen LogP) is 5.66. The Morgan fingerprint density at radius 1 is 1.23 bits per heavy atom. The first-order chi connectivity index (χ1) is 14.5. The molecule has 1 saturated carbocycles. The number of carbonyl (C=O) groups is 1. The highest BCUT2D eigenvalue weighted by molar-refractivity contribution is 6.21. The van der Waals surface area contributed by atoms with E-state index >= 15 is 0 Å². The van der Waals surface area contributed by atoms with Gasteiger partial charge in [0.25, 0.3) is 0 Å². The molecular weight excluding hydrogens is 400 g/mol. The van der Waals surface area contributed by atoms with Crippen LogP contribution in [0.15, 0.2) is 36.4 Å². The maximum absolute atomic E-state index is 11.2. The first-order valence-electron chi connectivity index (χ1n) is 11.3. The molecule has 1 aliphatic carbocycles. The predicted molar refractivity (Wildman–Crippen MR) is 122 cm³/mol. The lowest BCUT2D eigenvalue weighted by molar-refractivity contribution is -0.140. The summed E-state index contributed by atoms with van der Waals surface area (Å²) < 4.78 is 4.65. The Balaban J connectivity index is 1.94. The second-order valence-corrected chi connectivity index (χ2v) is 8.92. The van der Waals surface area contributed by atoms with Crippen molar-refractivity contribution in [1.82, 2.24) is 0 Å². The van der Waals surface area contributed by atoms with E-state index in [1.807, 2.05) is 24.3 Å². The molecule has 1 fully saturated rings. The number of hydrogen-bond acceptors (Lipinski definition) is 4. The number of allylic oxidation sites excluding steroid dienone is 2. The number of carbonyl (C=O) groups excluding carboxylic acids is 1. The lowest BCUT2D eigenvalue weighted by atomic mass is 9.84. The summed E-state index contributed by atoms with van der Waals surface area (Å²) in [6, 6.07) is 8.04. The van der Waals surface area contributed by atoms with Crippen LogP contribution in [0, 0.1) is 5.92 Å². The summed E-state index contributed by atoms with van der Waals surface area (Å²) in [7, 11) is 1.41. The van der Waals surface area contributed by atoms with E-state index in [-0.39, 0.29) is 23.2 Å². The maximum Gasteiger partial charge on any atom is 0.305 e. The summed E-state index contributed by atoms with van der Waals surface area (Å²) in [5, 5.41) is 20.9. The lowest BCUT2D eigenvalue weighted by Crippen LogP contribution is -2.18. The van der Waals surface area contributed by atoms with Gasteiger partial charge in [0.2, 0.25) is 0 Å². The minimum absolute atomic E-state index is 0.00139. The Morgan fingerprint density at radius 3 is 2.63 bits per heavy atom. The first-order valence-corrected chi connectivity index (χ1v) is 11.7. The van der Waals surface area contributed by atoms with E-state index in [2.05, 4.69) is 23.8 Å². The molecule has 1 aromatic rings. The van der Waals surface area contributed by atoms with Crippen molar-refractivity contribution in [2.24, 2.45) is 5.92 Å². The summed E-state index contributed by atoms with van der Waals surface area (Å²) in [5.74, 6) is -0.0144. The monoisotopic (exact) mass is 436 g/mol. The zero-order valence-corrected chi connectivity index (χ0v) is 19.1. The fourth-order valence-electron chi connectivity index (χ4n) is 4.36. The molecule has 1 aliphatic rings. The third-order valence-corrected chi connectivity index (χ3v) is 6.65. The molecule has 2 rings (SSSR count). The van der Waals surface area contributed by atoms with Crippen LogP contribution in [0.3, 0.4) is 0 Å². The quantitative estimate of drug-likeness (QED) is 0.192. The number of unbranched alkanes of at least 4 members (excludes halogenated alkanes) is 3. The summed E-state index contributed by atoms with van der Waals surface area (Å²) >= 11 is 6.58. The van der Waals surface area contributed by atoms with Crippen molar-refractivity contribution in [2.75, 3.05) is 7.11 Å². The van der Waals surface area contributed by atoms with Crippen LogP contribution in [0.2, 0.25) is 0 Å². The van der Waals surface area contributed by atoms with Crippen molar-refractivity contribution in [1.29, 1.82) is 0 Å². The van der Waals surface area contributed by atoms with Gasteiger partial charge in [-0.2, -0.15) is 0 Å². The molecule has 0 amide bonds. The van der Waals surface area contributed by atoms with Crippen molar-refractivity contribution in [3.05, 3.63) is 47.5 Å². The first kappa shape index (κ1) is 24.9. The molecule has 0 saturated heterocycles. The third kappa shape index (κ3) is 7.40. The minimum Gasteiger partial charge on any atom is -0.469 e. The van der Waals surface area contributed by atoms with Gasteiger partial charge in [0.05, 0.1) is 19.3 Å². The molecule has 1 aromatic carbocycles. The van der Waals surface area contributed by atoms with E-state index in [0.29, 0.717) is 12.8 Å². The van der Waals surface area contributed by atoms with Crippen LogP contribution >= 0.6 is 11.6 Å². The van der Waals surface area contributed by atoms with Crippen LogP contribution < -0.4 is 0 Å². The fraction of sp³-hybridized carbons (Fsp3) is 0.640. The Morgan fingerprint density at radius 2 is 1.97 bits per heavy atom. The van der Waals surface area contributed by atoms with Gasteiger partial charge in [-0.05, 0) is 49.1 Å². The SMILES string of the molecule is CCCCCC(O)c1ccc([C@@H]2C(C/C=C\CCCC(=O)OC)[C@H](Cl)C[C@H]2O)cc1. The van der Waals surface area contributed by atoms with Gasteiger partial charge in [0.1, 0.15) is 0 Å². The van der Waals surface area contributed by atoms with Crippen LogP contribution in [0.1, 0.15) is 87.9 Å². The lowest BCUT2D eigenvalue weighted by Gasteiger charge is -2.23. The van der Waals surface area contributed by atoms with Crippen LogP contribution in [0.25, 0.3) is 0 Å². The van der Waals surface area contributed by atoms with Gasteiger partial charge in [0.15, 0.2) is 0 Å². The highest BCUT2D eigenvalue weighted by atomic mass is 35.5. The normalized spacial score (nSPS) is 25.0. The van der Waals surface area contributed by atoms with Crippen LogP contribution in [-0.2, 0) is 9.53 Å². The van der Waals surface area contributed by atoms with E-state index < -0.39 is 12.2 Å². The Hall–Kier alpha value is -1.36. The highest BCUT2D eigenvalue weighted by Gasteiger charge is 2.41. The molecule has 0 bridgehead atoms. The van der Waals surface area contributed by atoms with Crippen molar-refractivity contribution in [3.63, 3.8) is 0 Å². The molecular formula is C25H37ClO4. The largest absolute Gasteiger partial charge is 0.469 e. The number of esters is 1. The number of ether oxygens (including phenoxy) is 1. The van der Waals surface area contributed by atoms with Crippen LogP contribution in [-0.4, -0.2) is 34.8 Å². The average Bonchev–Trinajstić information content (AvgIpc) is 3.03. The van der Waals surface area contributed by atoms with E-state index in [1.165, 1.54) is 7.11 Å². The molecule has 5 heteroatoms. The van der Waals surface area contributed by atoms with Crippen molar-refractivity contribution in [2.45, 2.75) is 88.2 Å². The summed E-state index contributed by atoms with van der Waals surface area (Å²) in [6.07, 6.45) is 10.8. The van der Waals surface area contributed by atoms with Gasteiger partial charge in [0, 0.05) is 17.7 Å². The number of hydrogen-bond donors (Lipinski definition) is 2. The molecule has 0 spiro atoms. The van der Waals surface area contributed by atoms with Gasteiger partial charge in [-0.15, -0.1) is 11.6 Å². The zero-order valence-electron chi connectivity index (χ0n) is 18.3. The standard InChI is InChI=1S/C25H37ClO4/c1-3-4-7-11-22(27)18-13-15-19(16-14-18)25-20(21(26)17-23(25)28)10-8-5-6-9-12-24(29)30-2/h5,8,13-16,20-23,25,27-28H,3-4,6-7,9-12,17H2,1-2H3/b8-5-/t20?,21-,22?,23-,25-/m1/s1. The molecule has 2 N–H and O–H groups in total. The molecule has 0 aliphatic heterocycles. The van der Waals surface area contributed by atoms with E-state index in [0.717, 1.165) is 56.1 Å². The number of rotatable bonds is 12. The minimum atomic E-state index is -0.453. The van der Waals surface area contributed by atoms with Gasteiger partial charge < -0.3 is 14.9 Å². The molecule has 4 nitrogen and oxygen atoms in total. The Bertz CT molecular complexity index is 658. The Kier molecular flexibility index (Phi) is 10.9. The number of aliphatic hydroxyl groups excluding tert-OH is 2. The number of benzene rings is 1. The maximum atomic E-state index is 11.2. The van der Waals surface area contributed by atoms with Crippen molar-refractivity contribution >= 4 is 17.6 Å². The number of alkyl halides is 1. The number of halogens is 1. The van der Waals surface area contributed by atoms with Gasteiger partial charge in [-0.1, -0.05) is 62.6 Å². The molecule has 5 atom stereocenters. The zero-order chi connectivity index (χ0) is 21.9. The van der Waals surface area contributed by atoms with Gasteiger partial charge >= 0.3 is 5.97 Å². The van der Waals surface area contributed by atoms with Crippen LogP contribution in [0.4, 0.5) is 0 Å². The smallest absolute Gasteiger partial charge is 0.305 e. The van der Waals surface area contributed by atoms with Crippen molar-refractivity contribution < 1.29 is 19.7 Å². The molecule has 30 heavy (non-hydrogen) atoms. The van der Waals surface area contributed by atoms with Gasteiger partial charge in [-0.25, -0.2) is 0 Å². The molecule has 0 radical (unpaired) electrons. The summed E-state index contributed by atoms with van der Waals surface area (Å²) in [4.78, 5) is 11.2. The topological polar surface area (TPSA) is 66.8 Å². The van der Waals surface area contributed by atoms with Crippen molar-refractivity contribution in [3.8, 4) is 0 Å². The molecule has 2 unspecified atom stereocenters. The Labute approximate surface area is 186 Å². The van der Waals surface area contributed by atoms with Crippen LogP contribution in [0.5, 0.6) is 0 Å². The van der Waals surface area contributed by atoms with E-state index in [4.69, 9.17) is 11.6 Å². The van der Waals surface area contributed by atoms with E-state index in [9.17, 15) is 15.0 Å². The molecule has 168 valence electrons. The highest BCUT2D eigenvalue weighted by Crippen LogP contribution is 2.45. The summed E-state index contributed by atoms with van der Waals surface area (Å²) in [5.41, 5.74) is 2.02. The van der Waals surface area contributed by atoms with E-state index in [1.54, 1.807) is 0 Å². The third-order valence-electron chi connectivity index (χ3n) is 6.15.